The lowest BCUT2D eigenvalue weighted by molar-refractivity contribution is -0.294. The van der Waals surface area contributed by atoms with E-state index in [2.05, 4.69) is 10.2 Å². The maximum atomic E-state index is 13.7. The Morgan fingerprint density at radius 1 is 0.789 bits per heavy atom. The fourth-order valence-electron chi connectivity index (χ4n) is 5.39. The number of aromatic nitrogens is 2. The SMILES string of the molecule is Cc1cc(OCCCCl)ccc1Cc1c(OC2O[C@H](COC(=O)C(C)(C)C)[C@@H](OC(=O)C(C)(C)C)[C@H](OC(=O)C(C)(C)C)[C@H]2OC(=O)C(C)(C)C)n[nH]c1C(C)C. The molecule has 1 fully saturated rings. The third-order valence-corrected chi connectivity index (χ3v) is 9.31. The van der Waals surface area contributed by atoms with Crippen LogP contribution in [0.3, 0.4) is 0 Å². The van der Waals surface area contributed by atoms with Crippen molar-refractivity contribution in [1.82, 2.24) is 10.2 Å². The van der Waals surface area contributed by atoms with Gasteiger partial charge in [-0.3, -0.25) is 24.3 Å². The van der Waals surface area contributed by atoms with Gasteiger partial charge < -0.3 is 33.2 Å². The Morgan fingerprint density at radius 2 is 1.32 bits per heavy atom. The summed E-state index contributed by atoms with van der Waals surface area (Å²) in [6.07, 6.45) is -5.95. The van der Waals surface area contributed by atoms with E-state index in [1.54, 1.807) is 83.1 Å². The number of carbonyl (C=O) groups is 4. The summed E-state index contributed by atoms with van der Waals surface area (Å²) in [7, 11) is 0. The molecular weight excluding hydrogens is 756 g/mol. The van der Waals surface area contributed by atoms with Gasteiger partial charge in [-0.25, -0.2) is 0 Å². The van der Waals surface area contributed by atoms with Gasteiger partial charge in [0.1, 0.15) is 18.5 Å². The summed E-state index contributed by atoms with van der Waals surface area (Å²) in [6.45, 7) is 26.2. The van der Waals surface area contributed by atoms with Crippen molar-refractivity contribution in [2.45, 2.75) is 153 Å². The number of nitrogens with one attached hydrogen (secondary N) is 1. The molecule has 13 nitrogen and oxygen atoms in total. The molecule has 1 aromatic heterocycles. The van der Waals surface area contributed by atoms with Gasteiger partial charge in [0.2, 0.25) is 18.3 Å². The molecule has 1 unspecified atom stereocenters. The van der Waals surface area contributed by atoms with E-state index in [4.69, 9.17) is 44.8 Å². The molecule has 1 aliphatic rings. The van der Waals surface area contributed by atoms with Crippen molar-refractivity contribution in [3.63, 3.8) is 0 Å². The van der Waals surface area contributed by atoms with Gasteiger partial charge in [-0.1, -0.05) is 19.9 Å². The highest BCUT2D eigenvalue weighted by atomic mass is 35.5. The van der Waals surface area contributed by atoms with Crippen LogP contribution in [0.25, 0.3) is 0 Å². The average molecular weight is 821 g/mol. The van der Waals surface area contributed by atoms with Crippen molar-refractivity contribution in [2.75, 3.05) is 19.1 Å². The largest absolute Gasteiger partial charge is 0.494 e. The molecule has 1 aromatic carbocycles. The van der Waals surface area contributed by atoms with Crippen molar-refractivity contribution in [1.29, 1.82) is 0 Å². The summed E-state index contributed by atoms with van der Waals surface area (Å²) in [6, 6.07) is 5.84. The van der Waals surface area contributed by atoms with Crippen molar-refractivity contribution in [2.24, 2.45) is 21.7 Å². The van der Waals surface area contributed by atoms with Crippen molar-refractivity contribution in [3.05, 3.63) is 40.6 Å². The number of carbonyl (C=O) groups excluding carboxylic acids is 4. The molecule has 2 aromatic rings. The molecule has 14 heteroatoms. The molecule has 0 spiro atoms. The Labute approximate surface area is 343 Å². The van der Waals surface area contributed by atoms with Crippen LogP contribution in [-0.4, -0.2) is 83.9 Å². The number of hydrogen-bond acceptors (Lipinski definition) is 12. The first kappa shape index (κ1) is 47.5. The smallest absolute Gasteiger partial charge is 0.311 e. The first-order valence-corrected chi connectivity index (χ1v) is 20.2. The van der Waals surface area contributed by atoms with Gasteiger partial charge in [-0.05, 0) is 126 Å². The number of nitrogens with zero attached hydrogens (tertiary/aromatic N) is 1. The Kier molecular flexibility index (Phi) is 15.7. The number of halogens is 1. The molecule has 2 heterocycles. The fraction of sp³-hybridized carbons (Fsp3) is 0.698. The van der Waals surface area contributed by atoms with Crippen LogP contribution in [0.1, 0.15) is 132 Å². The van der Waals surface area contributed by atoms with E-state index in [1.807, 2.05) is 39.0 Å². The summed E-state index contributed by atoms with van der Waals surface area (Å²) in [4.78, 5) is 54.1. The molecule has 1 aliphatic heterocycles. The highest BCUT2D eigenvalue weighted by Crippen LogP contribution is 2.37. The normalized spacial score (nSPS) is 20.5. The standard InChI is InChI=1S/C43H65ClN2O11/c1-24(2)30-28(22-26-17-18-27(21-25(26)3)51-20-16-19-44)34(46-45-30)57-35-33(56-39(50)43(13,14)15)32(55-38(49)42(10,11)12)31(54-37(48)41(7,8)9)29(53-35)23-52-36(47)40(4,5)6/h17-18,21,24,29,31-33,35H,16,19-20,22-23H2,1-15H3,(H,45,46)/t29-,31-,32+,33-,35?/m1/s1. The van der Waals surface area contributed by atoms with Gasteiger partial charge >= 0.3 is 23.9 Å². The van der Waals surface area contributed by atoms with Crippen LogP contribution in [0.15, 0.2) is 18.2 Å². The molecule has 0 bridgehead atoms. The zero-order chi connectivity index (χ0) is 43.3. The lowest BCUT2D eigenvalue weighted by atomic mass is 9.93. The Bertz CT molecular complexity index is 1710. The predicted molar refractivity (Wildman–Crippen MR) is 215 cm³/mol. The number of alkyl halides is 1. The number of aryl methyl sites for hydroxylation is 1. The van der Waals surface area contributed by atoms with Crippen molar-refractivity contribution >= 4 is 35.5 Å². The Balaban J connectivity index is 2.22. The number of aromatic amines is 1. The molecule has 1 saturated heterocycles. The van der Waals surface area contributed by atoms with E-state index < -0.39 is 82.8 Å². The van der Waals surface area contributed by atoms with Crippen LogP contribution in [0.4, 0.5) is 0 Å². The molecule has 0 aliphatic carbocycles. The molecule has 0 radical (unpaired) electrons. The molecule has 0 saturated carbocycles. The minimum Gasteiger partial charge on any atom is -0.494 e. The van der Waals surface area contributed by atoms with E-state index >= 15 is 0 Å². The van der Waals surface area contributed by atoms with Crippen LogP contribution >= 0.6 is 11.6 Å². The molecule has 3 rings (SSSR count). The van der Waals surface area contributed by atoms with E-state index in [-0.39, 0.29) is 11.8 Å². The zero-order valence-electron chi connectivity index (χ0n) is 36.5. The summed E-state index contributed by atoms with van der Waals surface area (Å²) in [5.74, 6) is -1.14. The second-order valence-corrected chi connectivity index (χ2v) is 19.5. The van der Waals surface area contributed by atoms with Gasteiger partial charge in [0.05, 0.1) is 28.3 Å². The van der Waals surface area contributed by atoms with E-state index in [0.29, 0.717) is 24.5 Å². The molecule has 5 atom stereocenters. The van der Waals surface area contributed by atoms with Crippen LogP contribution in [-0.2, 0) is 49.3 Å². The van der Waals surface area contributed by atoms with Gasteiger partial charge in [0.25, 0.3) is 0 Å². The maximum Gasteiger partial charge on any atom is 0.311 e. The molecule has 1 N–H and O–H groups in total. The van der Waals surface area contributed by atoms with Crippen molar-refractivity contribution in [3.8, 4) is 11.6 Å². The van der Waals surface area contributed by atoms with Gasteiger partial charge in [0.15, 0.2) is 12.2 Å². The summed E-state index contributed by atoms with van der Waals surface area (Å²) >= 11 is 5.83. The second-order valence-electron chi connectivity index (χ2n) is 19.1. The number of ether oxygens (including phenoxy) is 7. The topological polar surface area (TPSA) is 162 Å². The monoisotopic (exact) mass is 820 g/mol. The second kappa shape index (κ2) is 18.8. The van der Waals surface area contributed by atoms with Crippen LogP contribution < -0.4 is 9.47 Å². The fourth-order valence-corrected chi connectivity index (χ4v) is 5.50. The average Bonchev–Trinajstić information content (AvgIpc) is 3.47. The van der Waals surface area contributed by atoms with Crippen LogP contribution in [0.2, 0.25) is 0 Å². The quantitative estimate of drug-likeness (QED) is 0.0848. The predicted octanol–water partition coefficient (Wildman–Crippen LogP) is 8.01. The number of H-pyrrole nitrogens is 1. The highest BCUT2D eigenvalue weighted by molar-refractivity contribution is 6.17. The molecular formula is C43H65ClN2O11. The number of rotatable bonds is 14. The number of hydrogen-bond donors (Lipinski definition) is 1. The van der Waals surface area contributed by atoms with Crippen LogP contribution in [0.5, 0.6) is 11.6 Å². The summed E-state index contributed by atoms with van der Waals surface area (Å²) in [5, 5.41) is 7.67. The lowest BCUT2D eigenvalue weighted by Crippen LogP contribution is -2.65. The minimum atomic E-state index is -1.49. The van der Waals surface area contributed by atoms with Gasteiger partial charge in [-0.2, -0.15) is 0 Å². The highest BCUT2D eigenvalue weighted by Gasteiger charge is 2.56. The molecule has 57 heavy (non-hydrogen) atoms. The number of benzene rings is 1. The first-order valence-electron chi connectivity index (χ1n) is 19.6. The third-order valence-electron chi connectivity index (χ3n) is 9.04. The molecule has 320 valence electrons. The van der Waals surface area contributed by atoms with E-state index in [1.165, 1.54) is 0 Å². The third kappa shape index (κ3) is 13.1. The van der Waals surface area contributed by atoms with E-state index in [0.717, 1.165) is 29.0 Å². The van der Waals surface area contributed by atoms with Crippen LogP contribution in [0, 0.1) is 28.6 Å². The summed E-state index contributed by atoms with van der Waals surface area (Å²) < 4.78 is 43.1. The lowest BCUT2D eigenvalue weighted by Gasteiger charge is -2.45. The van der Waals surface area contributed by atoms with E-state index in [9.17, 15) is 19.2 Å². The van der Waals surface area contributed by atoms with Crippen molar-refractivity contribution < 1.29 is 52.3 Å². The molecule has 0 amide bonds. The Morgan fingerprint density at radius 3 is 1.81 bits per heavy atom. The number of esters is 4. The maximum absolute atomic E-state index is 13.7. The first-order chi connectivity index (χ1) is 26.1. The van der Waals surface area contributed by atoms with Gasteiger partial charge in [-0.15, -0.1) is 16.7 Å². The summed E-state index contributed by atoms with van der Waals surface area (Å²) in [5.41, 5.74) is -0.447. The Hall–Kier alpha value is -3.84. The zero-order valence-corrected chi connectivity index (χ0v) is 37.3. The minimum absolute atomic E-state index is 0.00339. The van der Waals surface area contributed by atoms with Gasteiger partial charge in [0, 0.05) is 23.6 Å².